The van der Waals surface area contributed by atoms with Crippen LogP contribution in [0, 0.1) is 0 Å². The Bertz CT molecular complexity index is 803. The number of esters is 1. The first-order valence-electron chi connectivity index (χ1n) is 8.34. The lowest BCUT2D eigenvalue weighted by Gasteiger charge is -2.12. The lowest BCUT2D eigenvalue weighted by atomic mass is 10.2. The molecule has 0 saturated heterocycles. The van der Waals surface area contributed by atoms with E-state index in [1.165, 1.54) is 0 Å². The second-order valence-electron chi connectivity index (χ2n) is 5.44. The van der Waals surface area contributed by atoms with Gasteiger partial charge in [-0.05, 0) is 49.0 Å². The quantitative estimate of drug-likeness (QED) is 0.324. The zero-order valence-corrected chi connectivity index (χ0v) is 17.9. The van der Waals surface area contributed by atoms with Crippen molar-refractivity contribution in [3.63, 3.8) is 0 Å². The predicted molar refractivity (Wildman–Crippen MR) is 119 cm³/mol. The van der Waals surface area contributed by atoms with Gasteiger partial charge in [-0.15, -0.1) is 0 Å². The van der Waals surface area contributed by atoms with Crippen LogP contribution in [0.15, 0.2) is 42.5 Å². The molecule has 2 aromatic rings. The molecule has 0 aliphatic heterocycles. The Morgan fingerprint density at radius 1 is 1.19 bits per heavy atom. The van der Waals surface area contributed by atoms with Gasteiger partial charge in [0.1, 0.15) is 0 Å². The average Bonchev–Trinajstić information content (AvgIpc) is 2.64. The van der Waals surface area contributed by atoms with Crippen molar-refractivity contribution in [2.75, 3.05) is 24.2 Å². The first-order chi connectivity index (χ1) is 13.0. The Morgan fingerprint density at radius 2 is 1.96 bits per heavy atom. The Morgan fingerprint density at radius 3 is 2.70 bits per heavy atom. The van der Waals surface area contributed by atoms with Gasteiger partial charge in [-0.1, -0.05) is 41.4 Å². The topological polar surface area (TPSA) is 50.4 Å². The molecular formula is C19H20Cl2N2O2S2. The van der Waals surface area contributed by atoms with Crippen molar-refractivity contribution in [2.45, 2.75) is 12.7 Å². The first-order valence-corrected chi connectivity index (χ1v) is 10.7. The van der Waals surface area contributed by atoms with E-state index in [-0.39, 0.29) is 0 Å². The van der Waals surface area contributed by atoms with Crippen molar-refractivity contribution in [1.29, 1.82) is 0 Å². The lowest BCUT2D eigenvalue weighted by molar-refractivity contribution is 0.0526. The van der Waals surface area contributed by atoms with Crippen molar-refractivity contribution in [2.24, 2.45) is 0 Å². The van der Waals surface area contributed by atoms with Gasteiger partial charge in [0.05, 0.1) is 17.2 Å². The van der Waals surface area contributed by atoms with Crippen molar-refractivity contribution < 1.29 is 9.53 Å². The Balaban J connectivity index is 1.76. The number of thioether (sulfide) groups is 1. The normalized spacial score (nSPS) is 10.3. The van der Waals surface area contributed by atoms with E-state index in [9.17, 15) is 4.79 Å². The number of carbonyl (C=O) groups excluding carboxylic acids is 1. The monoisotopic (exact) mass is 442 g/mol. The molecule has 0 radical (unpaired) electrons. The van der Waals surface area contributed by atoms with E-state index in [1.54, 1.807) is 36.9 Å². The second kappa shape index (κ2) is 11.4. The zero-order valence-electron chi connectivity index (χ0n) is 14.8. The van der Waals surface area contributed by atoms with Crippen LogP contribution < -0.4 is 10.6 Å². The molecule has 2 N–H and O–H groups in total. The summed E-state index contributed by atoms with van der Waals surface area (Å²) in [5, 5.41) is 7.79. The molecule has 0 amide bonds. The largest absolute Gasteiger partial charge is 0.462 e. The zero-order chi connectivity index (χ0) is 19.6. The van der Waals surface area contributed by atoms with E-state index < -0.39 is 5.97 Å². The van der Waals surface area contributed by atoms with E-state index in [1.807, 2.05) is 24.3 Å². The summed E-state index contributed by atoms with van der Waals surface area (Å²) in [5.41, 5.74) is 2.10. The summed E-state index contributed by atoms with van der Waals surface area (Å²) in [6, 6.07) is 12.8. The molecule has 0 bridgehead atoms. The smallest absolute Gasteiger partial charge is 0.339 e. The minimum atomic E-state index is -0.457. The van der Waals surface area contributed by atoms with Crippen LogP contribution in [-0.2, 0) is 10.5 Å². The molecule has 0 saturated carbocycles. The third-order valence-corrected chi connectivity index (χ3v) is 5.42. The number of benzene rings is 2. The first kappa shape index (κ1) is 21.8. The summed E-state index contributed by atoms with van der Waals surface area (Å²) >= 11 is 19.3. The highest BCUT2D eigenvalue weighted by molar-refractivity contribution is 7.98. The molecule has 0 unspecified atom stereocenters. The molecule has 0 atom stereocenters. The Labute approximate surface area is 179 Å². The number of hydrogen-bond acceptors (Lipinski definition) is 4. The average molecular weight is 443 g/mol. The molecule has 8 heteroatoms. The molecule has 0 heterocycles. The molecule has 0 fully saturated rings. The van der Waals surface area contributed by atoms with Gasteiger partial charge >= 0.3 is 5.97 Å². The third-order valence-electron chi connectivity index (χ3n) is 3.47. The van der Waals surface area contributed by atoms with Gasteiger partial charge in [-0.3, -0.25) is 0 Å². The van der Waals surface area contributed by atoms with E-state index >= 15 is 0 Å². The van der Waals surface area contributed by atoms with Crippen LogP contribution >= 0.6 is 47.2 Å². The van der Waals surface area contributed by atoms with Gasteiger partial charge in [0.15, 0.2) is 5.11 Å². The van der Waals surface area contributed by atoms with Crippen molar-refractivity contribution in [3.05, 3.63) is 63.6 Å². The number of halogens is 2. The van der Waals surface area contributed by atoms with E-state index in [2.05, 4.69) is 10.6 Å². The molecule has 2 aromatic carbocycles. The molecule has 0 aliphatic carbocycles. The minimum Gasteiger partial charge on any atom is -0.462 e. The molecule has 2 rings (SSSR count). The summed E-state index contributed by atoms with van der Waals surface area (Å²) in [7, 11) is 0. The van der Waals surface area contributed by atoms with Gasteiger partial charge in [0.2, 0.25) is 0 Å². The minimum absolute atomic E-state index is 0.290. The number of carbonyl (C=O) groups is 1. The Kier molecular flexibility index (Phi) is 9.21. The van der Waals surface area contributed by atoms with E-state index in [0.29, 0.717) is 34.5 Å². The van der Waals surface area contributed by atoms with Crippen LogP contribution in [0.2, 0.25) is 10.0 Å². The molecule has 0 spiro atoms. The maximum Gasteiger partial charge on any atom is 0.339 e. The van der Waals surface area contributed by atoms with Gasteiger partial charge < -0.3 is 15.4 Å². The maximum absolute atomic E-state index is 11.9. The van der Waals surface area contributed by atoms with Crippen LogP contribution in [-0.4, -0.2) is 30.0 Å². The standard InChI is InChI=1S/C19H20Cl2N2O2S2/c1-2-25-18(24)15-11-14(7-8-17(15)21)23-19(26)22-9-10-27-12-13-5-3-4-6-16(13)20/h3-8,11H,2,9-10,12H2,1H3,(H2,22,23,26). The fraction of sp³-hybridized carbons (Fsp3) is 0.263. The highest BCUT2D eigenvalue weighted by atomic mass is 35.5. The molecule has 0 aromatic heterocycles. The van der Waals surface area contributed by atoms with Crippen molar-refractivity contribution in [3.8, 4) is 0 Å². The summed E-state index contributed by atoms with van der Waals surface area (Å²) in [6.07, 6.45) is 0. The van der Waals surface area contributed by atoms with Gasteiger partial charge in [0, 0.05) is 28.8 Å². The molecule has 0 aliphatic rings. The molecular weight excluding hydrogens is 423 g/mol. The fourth-order valence-electron chi connectivity index (χ4n) is 2.18. The maximum atomic E-state index is 11.9. The van der Waals surface area contributed by atoms with Crippen LogP contribution in [0.25, 0.3) is 0 Å². The molecule has 27 heavy (non-hydrogen) atoms. The summed E-state index contributed by atoms with van der Waals surface area (Å²) < 4.78 is 4.99. The summed E-state index contributed by atoms with van der Waals surface area (Å²) in [4.78, 5) is 11.9. The van der Waals surface area contributed by atoms with Crippen LogP contribution in [0.5, 0.6) is 0 Å². The number of nitrogens with one attached hydrogen (secondary N) is 2. The Hall–Kier alpha value is -1.47. The highest BCUT2D eigenvalue weighted by Crippen LogP contribution is 2.22. The van der Waals surface area contributed by atoms with Crippen LogP contribution in [0.3, 0.4) is 0 Å². The predicted octanol–water partition coefficient (Wildman–Crippen LogP) is 5.39. The fourth-order valence-corrected chi connectivity index (χ4v) is 3.74. The third kappa shape index (κ3) is 7.22. The van der Waals surface area contributed by atoms with Crippen molar-refractivity contribution in [1.82, 2.24) is 5.32 Å². The summed E-state index contributed by atoms with van der Waals surface area (Å²) in [5.74, 6) is 1.27. The number of hydrogen-bond donors (Lipinski definition) is 2. The van der Waals surface area contributed by atoms with Gasteiger partial charge in [-0.25, -0.2) is 4.79 Å². The number of ether oxygens (including phenoxy) is 1. The highest BCUT2D eigenvalue weighted by Gasteiger charge is 2.12. The summed E-state index contributed by atoms with van der Waals surface area (Å²) in [6.45, 7) is 2.74. The van der Waals surface area contributed by atoms with Gasteiger partial charge in [-0.2, -0.15) is 11.8 Å². The van der Waals surface area contributed by atoms with Gasteiger partial charge in [0.25, 0.3) is 0 Å². The van der Waals surface area contributed by atoms with E-state index in [4.69, 9.17) is 40.2 Å². The second-order valence-corrected chi connectivity index (χ2v) is 7.77. The number of thiocarbonyl (C=S) groups is 1. The van der Waals surface area contributed by atoms with Crippen LogP contribution in [0.4, 0.5) is 5.69 Å². The van der Waals surface area contributed by atoms with Crippen molar-refractivity contribution >= 4 is 64.0 Å². The molecule has 144 valence electrons. The SMILES string of the molecule is CCOC(=O)c1cc(NC(=S)NCCSCc2ccccc2Cl)ccc1Cl. The van der Waals surface area contributed by atoms with E-state index in [0.717, 1.165) is 22.1 Å². The number of rotatable bonds is 8. The number of anilines is 1. The van der Waals surface area contributed by atoms with Crippen LogP contribution in [0.1, 0.15) is 22.8 Å². The lowest BCUT2D eigenvalue weighted by Crippen LogP contribution is -2.30. The molecule has 4 nitrogen and oxygen atoms in total.